The normalized spacial score (nSPS) is 14.8. The summed E-state index contributed by atoms with van der Waals surface area (Å²) >= 11 is 0. The van der Waals surface area contributed by atoms with Gasteiger partial charge in [0, 0.05) is 31.7 Å². The highest BCUT2D eigenvalue weighted by molar-refractivity contribution is 7.90. The molecule has 0 aromatic carbocycles. The van der Waals surface area contributed by atoms with Crippen molar-refractivity contribution in [3.8, 4) is 5.88 Å². The maximum Gasteiger partial charge on any atom is 0.223 e. The van der Waals surface area contributed by atoms with Crippen LogP contribution in [0, 0.1) is 6.92 Å². The average molecular weight is 488 g/mol. The number of aromatic nitrogens is 2. The molecule has 0 fully saturated rings. The number of nitrogens with zero attached hydrogens (tertiary/aromatic N) is 3. The van der Waals surface area contributed by atoms with Gasteiger partial charge in [-0.15, -0.1) is 0 Å². The lowest BCUT2D eigenvalue weighted by Gasteiger charge is -2.17. The summed E-state index contributed by atoms with van der Waals surface area (Å²) in [4.78, 5) is 10.1. The molecule has 7 nitrogen and oxygen atoms in total. The largest absolute Gasteiger partial charge is 0.477 e. The number of rotatable bonds is 10. The molecule has 0 radical (unpaired) electrons. The van der Waals surface area contributed by atoms with Crippen molar-refractivity contribution in [3.05, 3.63) is 46.4 Å². The second-order valence-corrected chi connectivity index (χ2v) is 10.8. The molecule has 3 heterocycles. The zero-order chi connectivity index (χ0) is 25.0. The van der Waals surface area contributed by atoms with Crippen molar-refractivity contribution in [2.75, 3.05) is 26.6 Å². The SMILES string of the molecule is CCCOc1nc(CC)c(S(C)(=O)=O)cc1C1=Nc2c(C)cn(C(C)COC)c2CC=C1CC. The second-order valence-electron chi connectivity index (χ2n) is 8.83. The molecule has 0 spiro atoms. The Morgan fingerprint density at radius 1 is 1.21 bits per heavy atom. The summed E-state index contributed by atoms with van der Waals surface area (Å²) in [6.07, 6.45) is 8.35. The predicted octanol–water partition coefficient (Wildman–Crippen LogP) is 5.17. The summed E-state index contributed by atoms with van der Waals surface area (Å²) in [5, 5.41) is 0. The van der Waals surface area contributed by atoms with E-state index in [1.165, 1.54) is 6.26 Å². The number of ether oxygens (including phenoxy) is 2. The molecule has 186 valence electrons. The Morgan fingerprint density at radius 3 is 2.53 bits per heavy atom. The van der Waals surface area contributed by atoms with Crippen LogP contribution in [0.15, 0.2) is 33.8 Å². The molecule has 1 aliphatic rings. The number of hydrogen-bond donors (Lipinski definition) is 0. The zero-order valence-electron chi connectivity index (χ0n) is 21.4. The van der Waals surface area contributed by atoms with E-state index in [1.807, 2.05) is 13.8 Å². The first-order valence-corrected chi connectivity index (χ1v) is 13.9. The molecule has 8 heteroatoms. The van der Waals surface area contributed by atoms with E-state index < -0.39 is 9.84 Å². The Morgan fingerprint density at radius 2 is 1.94 bits per heavy atom. The van der Waals surface area contributed by atoms with Crippen molar-refractivity contribution in [3.63, 3.8) is 0 Å². The van der Waals surface area contributed by atoms with Crippen molar-refractivity contribution in [2.24, 2.45) is 4.99 Å². The third kappa shape index (κ3) is 5.28. The van der Waals surface area contributed by atoms with Gasteiger partial charge in [0.25, 0.3) is 0 Å². The number of sulfone groups is 1. The molecule has 0 aliphatic carbocycles. The van der Waals surface area contributed by atoms with Gasteiger partial charge in [-0.1, -0.05) is 26.8 Å². The fraction of sp³-hybridized carbons (Fsp3) is 0.538. The average Bonchev–Trinajstić information content (AvgIpc) is 2.98. The van der Waals surface area contributed by atoms with Crippen LogP contribution < -0.4 is 4.74 Å². The highest BCUT2D eigenvalue weighted by atomic mass is 32.2. The molecule has 1 aliphatic heterocycles. The smallest absolute Gasteiger partial charge is 0.223 e. The third-order valence-corrected chi connectivity index (χ3v) is 7.24. The van der Waals surface area contributed by atoms with Crippen LogP contribution in [0.4, 0.5) is 5.69 Å². The van der Waals surface area contributed by atoms with Crippen LogP contribution in [0.3, 0.4) is 0 Å². The fourth-order valence-electron chi connectivity index (χ4n) is 4.38. The summed E-state index contributed by atoms with van der Waals surface area (Å²) in [7, 11) is -1.76. The molecule has 0 bridgehead atoms. The lowest BCUT2D eigenvalue weighted by molar-refractivity contribution is 0.161. The molecular formula is C26H37N3O4S. The standard InChI is InChI=1S/C26H37N3O4S/c1-8-13-33-26-20(14-23(34(7,30)31)21(10-3)27-26)25-19(9-2)11-12-22-24(28-25)17(4)15-29(22)18(5)16-32-6/h11,14-15,18H,8-10,12-13,16H2,1-7H3. The Labute approximate surface area is 203 Å². The lowest BCUT2D eigenvalue weighted by Crippen LogP contribution is -2.14. The molecule has 3 rings (SSSR count). The van der Waals surface area contributed by atoms with E-state index in [-0.39, 0.29) is 10.9 Å². The molecule has 1 unspecified atom stereocenters. The number of pyridine rings is 1. The molecule has 2 aromatic rings. The second kappa shape index (κ2) is 10.9. The molecule has 0 N–H and O–H groups in total. The van der Waals surface area contributed by atoms with Crippen molar-refractivity contribution >= 4 is 21.2 Å². The summed E-state index contributed by atoms with van der Waals surface area (Å²) in [6, 6.07) is 1.88. The first kappa shape index (κ1) is 26.2. The van der Waals surface area contributed by atoms with Gasteiger partial charge < -0.3 is 14.0 Å². The minimum absolute atomic E-state index is 0.175. The molecular weight excluding hydrogens is 450 g/mol. The minimum Gasteiger partial charge on any atom is -0.477 e. The topological polar surface area (TPSA) is 82.8 Å². The van der Waals surface area contributed by atoms with E-state index in [2.05, 4.69) is 42.6 Å². The van der Waals surface area contributed by atoms with Crippen LogP contribution in [0.5, 0.6) is 5.88 Å². The number of allylic oxidation sites excluding steroid dienone is 2. The Hall–Kier alpha value is -2.45. The molecule has 0 saturated carbocycles. The molecule has 2 aromatic heterocycles. The van der Waals surface area contributed by atoms with Crippen LogP contribution in [0.1, 0.15) is 69.1 Å². The van der Waals surface area contributed by atoms with Gasteiger partial charge in [-0.2, -0.15) is 0 Å². The first-order valence-electron chi connectivity index (χ1n) is 12.0. The van der Waals surface area contributed by atoms with Crippen molar-refractivity contribution in [1.82, 2.24) is 9.55 Å². The summed E-state index contributed by atoms with van der Waals surface area (Å²) < 4.78 is 38.9. The van der Waals surface area contributed by atoms with E-state index in [4.69, 9.17) is 14.5 Å². The first-order chi connectivity index (χ1) is 16.2. The van der Waals surface area contributed by atoms with Crippen molar-refractivity contribution < 1.29 is 17.9 Å². The summed E-state index contributed by atoms with van der Waals surface area (Å²) in [5.41, 5.74) is 6.04. The van der Waals surface area contributed by atoms with Gasteiger partial charge >= 0.3 is 0 Å². The van der Waals surface area contributed by atoms with Crippen LogP contribution in [-0.2, 0) is 27.4 Å². The molecule has 0 saturated heterocycles. The minimum atomic E-state index is -3.47. The Bertz CT molecular complexity index is 1210. The van der Waals surface area contributed by atoms with E-state index in [0.29, 0.717) is 36.8 Å². The van der Waals surface area contributed by atoms with E-state index in [0.717, 1.165) is 47.5 Å². The Balaban J connectivity index is 2.30. The molecule has 34 heavy (non-hydrogen) atoms. The fourth-order valence-corrected chi connectivity index (χ4v) is 5.33. The van der Waals surface area contributed by atoms with Crippen LogP contribution >= 0.6 is 0 Å². The van der Waals surface area contributed by atoms with Gasteiger partial charge in [0.15, 0.2) is 9.84 Å². The van der Waals surface area contributed by atoms with Crippen LogP contribution in [0.25, 0.3) is 0 Å². The maximum atomic E-state index is 12.6. The van der Waals surface area contributed by atoms with Gasteiger partial charge in [-0.25, -0.2) is 18.4 Å². The number of aryl methyl sites for hydroxylation is 2. The van der Waals surface area contributed by atoms with Crippen molar-refractivity contribution in [1.29, 1.82) is 0 Å². The highest BCUT2D eigenvalue weighted by Gasteiger charge is 2.26. The monoisotopic (exact) mass is 487 g/mol. The summed E-state index contributed by atoms with van der Waals surface area (Å²) in [5.74, 6) is 0.442. The third-order valence-electron chi connectivity index (χ3n) is 6.08. The van der Waals surface area contributed by atoms with E-state index >= 15 is 0 Å². The quantitative estimate of drug-likeness (QED) is 0.462. The predicted molar refractivity (Wildman–Crippen MR) is 137 cm³/mol. The van der Waals surface area contributed by atoms with Gasteiger partial charge in [-0.05, 0) is 50.3 Å². The van der Waals surface area contributed by atoms with E-state index in [9.17, 15) is 8.42 Å². The van der Waals surface area contributed by atoms with Crippen molar-refractivity contribution in [2.45, 2.75) is 71.2 Å². The van der Waals surface area contributed by atoms with Crippen LogP contribution in [0.2, 0.25) is 0 Å². The molecule has 0 amide bonds. The maximum absolute atomic E-state index is 12.6. The number of methoxy groups -OCH3 is 1. The Kier molecular flexibility index (Phi) is 8.36. The summed E-state index contributed by atoms with van der Waals surface area (Å²) in [6.45, 7) is 11.3. The van der Waals surface area contributed by atoms with Gasteiger partial charge in [0.2, 0.25) is 5.88 Å². The van der Waals surface area contributed by atoms with Gasteiger partial charge in [0.1, 0.15) is 0 Å². The van der Waals surface area contributed by atoms with E-state index in [1.54, 1.807) is 13.2 Å². The number of hydrogen-bond acceptors (Lipinski definition) is 6. The molecule has 1 atom stereocenters. The number of aliphatic imine (C=N–C) groups is 1. The van der Waals surface area contributed by atoms with Crippen LogP contribution in [-0.4, -0.2) is 50.3 Å². The lowest BCUT2D eigenvalue weighted by atomic mass is 9.99. The number of fused-ring (bicyclic) bond motifs is 1. The van der Waals surface area contributed by atoms with Gasteiger partial charge in [0.05, 0.1) is 46.8 Å². The zero-order valence-corrected chi connectivity index (χ0v) is 22.3. The highest BCUT2D eigenvalue weighted by Crippen LogP contribution is 2.36. The van der Waals surface area contributed by atoms with Gasteiger partial charge in [-0.3, -0.25) is 0 Å².